The lowest BCUT2D eigenvalue weighted by atomic mass is 10.1. The van der Waals surface area contributed by atoms with Crippen molar-refractivity contribution in [2.75, 3.05) is 0 Å². The van der Waals surface area contributed by atoms with Gasteiger partial charge in [-0.05, 0) is 24.6 Å². The highest BCUT2D eigenvalue weighted by Gasteiger charge is 2.08. The summed E-state index contributed by atoms with van der Waals surface area (Å²) < 4.78 is 4.99. The molecule has 0 saturated carbocycles. The lowest BCUT2D eigenvalue weighted by Crippen LogP contribution is -2.04. The van der Waals surface area contributed by atoms with Crippen molar-refractivity contribution in [3.8, 4) is 6.07 Å². The van der Waals surface area contributed by atoms with Gasteiger partial charge in [0.05, 0.1) is 11.6 Å². The number of nitriles is 1. The molecule has 0 saturated heterocycles. The first-order valence-corrected chi connectivity index (χ1v) is 4.30. The number of rotatable bonds is 2. The molecule has 1 atom stereocenters. The molecule has 3 nitrogen and oxygen atoms in total. The second-order valence-electron chi connectivity index (χ2n) is 2.99. The van der Waals surface area contributed by atoms with Crippen LogP contribution in [-0.4, -0.2) is 5.97 Å². The molecule has 1 aromatic carbocycles. The summed E-state index contributed by atoms with van der Waals surface area (Å²) in [6, 6.07) is 9.06. The number of esters is 1. The minimum atomic E-state index is -0.320. The zero-order valence-electron chi connectivity index (χ0n) is 8.15. The highest BCUT2D eigenvalue weighted by Crippen LogP contribution is 2.17. The molecule has 72 valence electrons. The molecule has 0 aliphatic rings. The first-order valence-electron chi connectivity index (χ1n) is 4.30. The van der Waals surface area contributed by atoms with Gasteiger partial charge >= 0.3 is 5.97 Å². The molecule has 0 spiro atoms. The smallest absolute Gasteiger partial charge is 0.303 e. The average molecular weight is 189 g/mol. The molecular weight excluding hydrogens is 178 g/mol. The van der Waals surface area contributed by atoms with Gasteiger partial charge in [0.25, 0.3) is 0 Å². The maximum absolute atomic E-state index is 10.7. The summed E-state index contributed by atoms with van der Waals surface area (Å²) in [5.41, 5.74) is 1.40. The summed E-state index contributed by atoms with van der Waals surface area (Å²) in [5, 5.41) is 8.67. The highest BCUT2D eigenvalue weighted by atomic mass is 16.5. The number of hydrogen-bond donors (Lipinski definition) is 0. The third kappa shape index (κ3) is 2.60. The SMILES string of the molecule is CC(=O)OC(C)c1cccc(C#N)c1. The lowest BCUT2D eigenvalue weighted by Gasteiger charge is -2.11. The Morgan fingerprint density at radius 2 is 2.29 bits per heavy atom. The third-order valence-corrected chi connectivity index (χ3v) is 1.83. The Hall–Kier alpha value is -1.82. The number of hydrogen-bond acceptors (Lipinski definition) is 3. The fourth-order valence-electron chi connectivity index (χ4n) is 1.18. The van der Waals surface area contributed by atoms with Crippen LogP contribution in [-0.2, 0) is 9.53 Å². The Labute approximate surface area is 82.9 Å². The Morgan fingerprint density at radius 1 is 1.57 bits per heavy atom. The van der Waals surface area contributed by atoms with Crippen molar-refractivity contribution >= 4 is 5.97 Å². The Balaban J connectivity index is 2.85. The molecule has 0 bridgehead atoms. The van der Waals surface area contributed by atoms with Crippen LogP contribution in [0.15, 0.2) is 24.3 Å². The summed E-state index contributed by atoms with van der Waals surface area (Å²) in [6.07, 6.45) is -0.305. The Morgan fingerprint density at radius 3 is 2.86 bits per heavy atom. The number of benzene rings is 1. The molecule has 0 fully saturated rings. The van der Waals surface area contributed by atoms with Gasteiger partial charge in [0.1, 0.15) is 6.10 Å². The van der Waals surface area contributed by atoms with Crippen molar-refractivity contribution in [1.29, 1.82) is 5.26 Å². The van der Waals surface area contributed by atoms with Crippen LogP contribution in [0.25, 0.3) is 0 Å². The van der Waals surface area contributed by atoms with E-state index < -0.39 is 0 Å². The Bertz CT molecular complexity index is 379. The second-order valence-corrected chi connectivity index (χ2v) is 2.99. The van der Waals surface area contributed by atoms with Gasteiger partial charge in [0.15, 0.2) is 0 Å². The Kier molecular flexibility index (Phi) is 3.24. The van der Waals surface area contributed by atoms with Gasteiger partial charge in [0, 0.05) is 6.92 Å². The normalized spacial score (nSPS) is 11.5. The second kappa shape index (κ2) is 4.43. The van der Waals surface area contributed by atoms with Gasteiger partial charge in [0.2, 0.25) is 0 Å². The molecule has 0 heterocycles. The van der Waals surface area contributed by atoms with Crippen LogP contribution >= 0.6 is 0 Å². The van der Waals surface area contributed by atoms with Gasteiger partial charge in [-0.15, -0.1) is 0 Å². The maximum atomic E-state index is 10.7. The van der Waals surface area contributed by atoms with Crippen LogP contribution in [0.5, 0.6) is 0 Å². The highest BCUT2D eigenvalue weighted by molar-refractivity contribution is 5.66. The quantitative estimate of drug-likeness (QED) is 0.670. The number of carbonyl (C=O) groups excluding carboxylic acids is 1. The van der Waals surface area contributed by atoms with Crippen molar-refractivity contribution in [1.82, 2.24) is 0 Å². The maximum Gasteiger partial charge on any atom is 0.303 e. The van der Waals surface area contributed by atoms with Crippen molar-refractivity contribution < 1.29 is 9.53 Å². The zero-order valence-corrected chi connectivity index (χ0v) is 8.15. The topological polar surface area (TPSA) is 50.1 Å². The van der Waals surface area contributed by atoms with Gasteiger partial charge in [-0.25, -0.2) is 0 Å². The predicted octanol–water partition coefficient (Wildman–Crippen LogP) is 2.18. The molecule has 1 rings (SSSR count). The van der Waals surface area contributed by atoms with Gasteiger partial charge in [-0.1, -0.05) is 12.1 Å². The van der Waals surface area contributed by atoms with Crippen LogP contribution in [0.3, 0.4) is 0 Å². The fraction of sp³-hybridized carbons (Fsp3) is 0.273. The summed E-state index contributed by atoms with van der Waals surface area (Å²) in [4.78, 5) is 10.7. The monoisotopic (exact) mass is 189 g/mol. The van der Waals surface area contributed by atoms with Gasteiger partial charge < -0.3 is 4.74 Å². The van der Waals surface area contributed by atoms with E-state index in [1.807, 2.05) is 12.1 Å². The van der Waals surface area contributed by atoms with E-state index in [2.05, 4.69) is 0 Å². The molecule has 3 heteroatoms. The molecular formula is C11H11NO2. The fourth-order valence-corrected chi connectivity index (χ4v) is 1.18. The van der Waals surface area contributed by atoms with E-state index in [0.29, 0.717) is 5.56 Å². The number of ether oxygens (including phenoxy) is 1. The molecule has 1 unspecified atom stereocenters. The average Bonchev–Trinajstić information content (AvgIpc) is 2.17. The molecule has 0 aromatic heterocycles. The van der Waals surface area contributed by atoms with E-state index in [9.17, 15) is 4.79 Å². The third-order valence-electron chi connectivity index (χ3n) is 1.83. The molecule has 0 radical (unpaired) electrons. The van der Waals surface area contributed by atoms with E-state index >= 15 is 0 Å². The van der Waals surface area contributed by atoms with E-state index in [1.54, 1.807) is 25.1 Å². The summed E-state index contributed by atoms with van der Waals surface area (Å²) in [5.74, 6) is -0.320. The van der Waals surface area contributed by atoms with Crippen molar-refractivity contribution in [2.24, 2.45) is 0 Å². The summed E-state index contributed by atoms with van der Waals surface area (Å²) in [7, 11) is 0. The van der Waals surface area contributed by atoms with E-state index in [-0.39, 0.29) is 12.1 Å². The van der Waals surface area contributed by atoms with Crippen molar-refractivity contribution in [2.45, 2.75) is 20.0 Å². The van der Waals surface area contributed by atoms with Gasteiger partial charge in [-0.3, -0.25) is 4.79 Å². The first-order chi connectivity index (χ1) is 6.63. The van der Waals surface area contributed by atoms with Crippen molar-refractivity contribution in [3.63, 3.8) is 0 Å². The molecule has 14 heavy (non-hydrogen) atoms. The molecule has 0 amide bonds. The molecule has 0 N–H and O–H groups in total. The minimum absolute atomic E-state index is 0.305. The lowest BCUT2D eigenvalue weighted by molar-refractivity contribution is -0.145. The standard InChI is InChI=1S/C11H11NO2/c1-8(14-9(2)13)11-5-3-4-10(6-11)7-12/h3-6,8H,1-2H3. The molecule has 0 aliphatic heterocycles. The van der Waals surface area contributed by atoms with Crippen molar-refractivity contribution in [3.05, 3.63) is 35.4 Å². The number of nitrogens with zero attached hydrogens (tertiary/aromatic N) is 1. The summed E-state index contributed by atoms with van der Waals surface area (Å²) in [6.45, 7) is 3.14. The van der Waals surface area contributed by atoms with Crippen LogP contribution < -0.4 is 0 Å². The van der Waals surface area contributed by atoms with E-state index in [1.165, 1.54) is 6.92 Å². The number of carbonyl (C=O) groups is 1. The van der Waals surface area contributed by atoms with Gasteiger partial charge in [-0.2, -0.15) is 5.26 Å². The van der Waals surface area contributed by atoms with Crippen LogP contribution in [0.4, 0.5) is 0 Å². The van der Waals surface area contributed by atoms with E-state index in [4.69, 9.17) is 10.00 Å². The molecule has 0 aliphatic carbocycles. The van der Waals surface area contributed by atoms with Crippen LogP contribution in [0, 0.1) is 11.3 Å². The minimum Gasteiger partial charge on any atom is -0.458 e. The van der Waals surface area contributed by atoms with Crippen LogP contribution in [0.1, 0.15) is 31.1 Å². The largest absolute Gasteiger partial charge is 0.458 e. The summed E-state index contributed by atoms with van der Waals surface area (Å²) >= 11 is 0. The van der Waals surface area contributed by atoms with Crippen LogP contribution in [0.2, 0.25) is 0 Å². The predicted molar refractivity (Wildman–Crippen MR) is 51.3 cm³/mol. The van der Waals surface area contributed by atoms with E-state index in [0.717, 1.165) is 5.56 Å². The first kappa shape index (κ1) is 10.3. The zero-order chi connectivity index (χ0) is 10.6. The molecule has 1 aromatic rings.